The molecule has 1 heterocycles. The average Bonchev–Trinajstić information content (AvgIpc) is 3.23. The van der Waals surface area contributed by atoms with Gasteiger partial charge >= 0.3 is 5.97 Å². The maximum absolute atomic E-state index is 9.97. The Kier molecular flexibility index (Phi) is 4.44. The van der Waals surface area contributed by atoms with Crippen LogP contribution in [0.2, 0.25) is 0 Å². The minimum atomic E-state index is -1.03. The van der Waals surface area contributed by atoms with E-state index in [9.17, 15) is 4.79 Å². The van der Waals surface area contributed by atoms with Crippen LogP contribution in [0.25, 0.3) is 21.5 Å². The Morgan fingerprint density at radius 3 is 2.38 bits per heavy atom. The van der Waals surface area contributed by atoms with Crippen LogP contribution in [0.5, 0.6) is 0 Å². The Labute approximate surface area is 151 Å². The fourth-order valence-electron chi connectivity index (χ4n) is 3.74. The van der Waals surface area contributed by atoms with Gasteiger partial charge in [-0.1, -0.05) is 48.5 Å². The van der Waals surface area contributed by atoms with Crippen LogP contribution in [0.1, 0.15) is 34.5 Å². The largest absolute Gasteiger partial charge is 0.475 e. The monoisotopic (exact) mass is 344 g/mol. The topological polar surface area (TPSA) is 50.4 Å². The van der Waals surface area contributed by atoms with E-state index in [0.717, 1.165) is 0 Å². The van der Waals surface area contributed by atoms with Crippen LogP contribution in [-0.4, -0.2) is 11.1 Å². The number of carboxylic acid groups (broad SMARTS) is 1. The van der Waals surface area contributed by atoms with E-state index in [2.05, 4.69) is 52.9 Å². The fraction of sp³-hybridized carbons (Fsp3) is 0.174. The molecule has 0 saturated carbocycles. The quantitative estimate of drug-likeness (QED) is 0.441. The zero-order valence-electron chi connectivity index (χ0n) is 14.4. The van der Waals surface area contributed by atoms with Crippen molar-refractivity contribution in [3.05, 3.63) is 83.8 Å². The van der Waals surface area contributed by atoms with Gasteiger partial charge in [-0.3, -0.25) is 0 Å². The van der Waals surface area contributed by atoms with Crippen molar-refractivity contribution >= 4 is 27.5 Å². The van der Waals surface area contributed by atoms with Gasteiger partial charge in [0.2, 0.25) is 5.76 Å². The number of hydrogen-bond acceptors (Lipinski definition) is 2. The van der Waals surface area contributed by atoms with Gasteiger partial charge in [0, 0.05) is 0 Å². The van der Waals surface area contributed by atoms with Crippen molar-refractivity contribution in [2.24, 2.45) is 0 Å². The highest BCUT2D eigenvalue weighted by molar-refractivity contribution is 6.08. The molecule has 0 radical (unpaired) electrons. The molecule has 0 unspecified atom stereocenters. The van der Waals surface area contributed by atoms with Crippen LogP contribution in [0, 0.1) is 0 Å². The van der Waals surface area contributed by atoms with Crippen LogP contribution in [0.15, 0.2) is 71.3 Å². The number of furan rings is 1. The van der Waals surface area contributed by atoms with Crippen molar-refractivity contribution in [3.8, 4) is 0 Å². The normalized spacial score (nSPS) is 13.1. The zero-order chi connectivity index (χ0) is 17.9. The molecule has 3 nitrogen and oxygen atoms in total. The van der Waals surface area contributed by atoms with E-state index >= 15 is 0 Å². The van der Waals surface area contributed by atoms with Gasteiger partial charge in [-0.2, -0.15) is 0 Å². The van der Waals surface area contributed by atoms with Crippen LogP contribution in [-0.2, 0) is 12.8 Å². The summed E-state index contributed by atoms with van der Waals surface area (Å²) in [5.41, 5.74) is 3.17. The maximum Gasteiger partial charge on any atom is 0.371 e. The Morgan fingerprint density at radius 2 is 1.62 bits per heavy atom. The van der Waals surface area contributed by atoms with E-state index in [1.165, 1.54) is 65.6 Å². The summed E-state index contributed by atoms with van der Waals surface area (Å²) >= 11 is 0. The van der Waals surface area contributed by atoms with Gasteiger partial charge in [0.25, 0.3) is 0 Å². The molecular formula is C23H20O3. The summed E-state index contributed by atoms with van der Waals surface area (Å²) in [7, 11) is 0. The summed E-state index contributed by atoms with van der Waals surface area (Å²) in [5, 5.41) is 13.8. The second-order valence-corrected chi connectivity index (χ2v) is 6.57. The third kappa shape index (κ3) is 3.08. The first-order valence-electron chi connectivity index (χ1n) is 8.93. The van der Waals surface area contributed by atoms with E-state index in [0.29, 0.717) is 0 Å². The molecule has 3 heteroatoms. The Bertz CT molecular complexity index is 1060. The number of carbonyl (C=O) groups is 1. The van der Waals surface area contributed by atoms with Crippen molar-refractivity contribution < 1.29 is 14.3 Å². The Morgan fingerprint density at radius 1 is 0.808 bits per heavy atom. The average molecular weight is 344 g/mol. The van der Waals surface area contributed by atoms with Gasteiger partial charge in [0.15, 0.2) is 0 Å². The summed E-state index contributed by atoms with van der Waals surface area (Å²) in [6.07, 6.45) is 6.54. The molecule has 0 bridgehead atoms. The predicted octanol–water partition coefficient (Wildman–Crippen LogP) is 5.85. The molecule has 1 aromatic heterocycles. The number of rotatable bonds is 1. The third-order valence-corrected chi connectivity index (χ3v) is 4.99. The fourth-order valence-corrected chi connectivity index (χ4v) is 3.74. The number of carboxylic acids is 1. The summed E-state index contributed by atoms with van der Waals surface area (Å²) in [5.74, 6) is -1.06. The highest BCUT2D eigenvalue weighted by atomic mass is 16.4. The number of aromatic carboxylic acids is 1. The molecule has 0 amide bonds. The molecule has 0 atom stereocenters. The third-order valence-electron chi connectivity index (χ3n) is 4.99. The molecule has 4 aromatic rings. The highest BCUT2D eigenvalue weighted by Crippen LogP contribution is 2.33. The van der Waals surface area contributed by atoms with Gasteiger partial charge in [-0.05, 0) is 70.5 Å². The van der Waals surface area contributed by atoms with Crippen molar-refractivity contribution in [2.75, 3.05) is 0 Å². The lowest BCUT2D eigenvalue weighted by molar-refractivity contribution is 0.0662. The van der Waals surface area contributed by atoms with Crippen molar-refractivity contribution in [1.29, 1.82) is 0 Å². The van der Waals surface area contributed by atoms with Crippen molar-refractivity contribution in [1.82, 2.24) is 0 Å². The molecule has 0 aliphatic heterocycles. The molecule has 130 valence electrons. The first kappa shape index (κ1) is 16.4. The lowest BCUT2D eigenvalue weighted by atomic mass is 9.86. The van der Waals surface area contributed by atoms with Crippen LogP contribution >= 0.6 is 0 Å². The Balaban J connectivity index is 0.000000178. The van der Waals surface area contributed by atoms with Crippen molar-refractivity contribution in [2.45, 2.75) is 25.7 Å². The van der Waals surface area contributed by atoms with E-state index in [4.69, 9.17) is 5.11 Å². The van der Waals surface area contributed by atoms with Gasteiger partial charge in [-0.25, -0.2) is 4.79 Å². The van der Waals surface area contributed by atoms with Crippen LogP contribution in [0.4, 0.5) is 0 Å². The molecule has 0 spiro atoms. The summed E-state index contributed by atoms with van der Waals surface area (Å²) in [4.78, 5) is 9.97. The summed E-state index contributed by atoms with van der Waals surface area (Å²) in [6.45, 7) is 0. The first-order chi connectivity index (χ1) is 12.7. The summed E-state index contributed by atoms with van der Waals surface area (Å²) < 4.78 is 4.50. The lowest BCUT2D eigenvalue weighted by Crippen LogP contribution is -2.02. The minimum Gasteiger partial charge on any atom is -0.475 e. The molecule has 0 saturated heterocycles. The second kappa shape index (κ2) is 7.04. The second-order valence-electron chi connectivity index (χ2n) is 6.57. The van der Waals surface area contributed by atoms with Crippen molar-refractivity contribution in [3.63, 3.8) is 0 Å². The molecule has 0 fully saturated rings. The smallest absolute Gasteiger partial charge is 0.371 e. The molecular weight excluding hydrogens is 324 g/mol. The van der Waals surface area contributed by atoms with Crippen LogP contribution < -0.4 is 0 Å². The number of fused-ring (bicyclic) bond motifs is 5. The van der Waals surface area contributed by atoms with Crippen LogP contribution in [0.3, 0.4) is 0 Å². The van der Waals surface area contributed by atoms with E-state index in [-0.39, 0.29) is 5.76 Å². The predicted molar refractivity (Wildman–Crippen MR) is 104 cm³/mol. The standard InChI is InChI=1S/C18H16.C5H4O3/c1-3-7-15-13(5-1)9-11-18-16-8-4-2-6-14(16)10-12-17(15)18;6-5(7)4-2-1-3-8-4/h1,3,5,7,9-12H,2,4,6,8H2;1-3H,(H,6,7). The van der Waals surface area contributed by atoms with Gasteiger partial charge in [0.1, 0.15) is 0 Å². The lowest BCUT2D eigenvalue weighted by Gasteiger charge is -2.18. The molecule has 1 aliphatic carbocycles. The van der Waals surface area contributed by atoms with Gasteiger partial charge in [0.05, 0.1) is 6.26 Å². The summed E-state index contributed by atoms with van der Waals surface area (Å²) in [6, 6.07) is 20.9. The SMILES string of the molecule is O=C(O)c1ccco1.c1ccc2c(c1)ccc1c3c(ccc12)CCCC3. The number of benzene rings is 3. The van der Waals surface area contributed by atoms with E-state index in [1.807, 2.05) is 0 Å². The minimum absolute atomic E-state index is 0.0231. The molecule has 26 heavy (non-hydrogen) atoms. The highest BCUT2D eigenvalue weighted by Gasteiger charge is 2.13. The molecule has 1 aliphatic rings. The zero-order valence-corrected chi connectivity index (χ0v) is 14.4. The number of hydrogen-bond donors (Lipinski definition) is 1. The van der Waals surface area contributed by atoms with E-state index in [1.54, 1.807) is 11.1 Å². The van der Waals surface area contributed by atoms with Gasteiger partial charge < -0.3 is 9.52 Å². The maximum atomic E-state index is 9.97. The molecule has 3 aromatic carbocycles. The Hall–Kier alpha value is -3.07. The van der Waals surface area contributed by atoms with E-state index < -0.39 is 5.97 Å². The van der Waals surface area contributed by atoms with Gasteiger partial charge in [-0.15, -0.1) is 0 Å². The molecule has 5 rings (SSSR count). The first-order valence-corrected chi connectivity index (χ1v) is 8.93. The molecule has 1 N–H and O–H groups in total. The number of aryl methyl sites for hydroxylation is 2.